The molecule has 7 heteroatoms. The molecule has 0 spiro atoms. The Morgan fingerprint density at radius 3 is 2.82 bits per heavy atom. The highest BCUT2D eigenvalue weighted by molar-refractivity contribution is 6.32. The zero-order chi connectivity index (χ0) is 15.7. The maximum Gasteiger partial charge on any atom is 0.308 e. The molecule has 3 rings (SSSR count). The highest BCUT2D eigenvalue weighted by Gasteiger charge is 2.31. The van der Waals surface area contributed by atoms with Crippen molar-refractivity contribution in [3.8, 4) is 11.5 Å². The number of hydrogen-bond donors (Lipinski definition) is 1. The SMILES string of the molecule is O=C(O)C1CCN(C(=O)Cc2cc(Cl)c3c(c2)OCCO3)C1. The molecule has 1 amide bonds. The first kappa shape index (κ1) is 15.0. The minimum Gasteiger partial charge on any atom is -0.486 e. The highest BCUT2D eigenvalue weighted by atomic mass is 35.5. The molecule has 0 saturated carbocycles. The van der Waals surface area contributed by atoms with Gasteiger partial charge in [0.2, 0.25) is 5.91 Å². The summed E-state index contributed by atoms with van der Waals surface area (Å²) in [6.45, 7) is 1.66. The second-order valence-corrected chi connectivity index (χ2v) is 5.85. The molecule has 0 aliphatic carbocycles. The maximum atomic E-state index is 12.3. The molecule has 1 aromatic rings. The maximum absolute atomic E-state index is 12.3. The van der Waals surface area contributed by atoms with Gasteiger partial charge in [-0.3, -0.25) is 9.59 Å². The average molecular weight is 326 g/mol. The number of halogens is 1. The highest BCUT2D eigenvalue weighted by Crippen LogP contribution is 2.38. The zero-order valence-corrected chi connectivity index (χ0v) is 12.6. The van der Waals surface area contributed by atoms with Gasteiger partial charge in [0.05, 0.1) is 17.4 Å². The lowest BCUT2D eigenvalue weighted by Gasteiger charge is -2.21. The number of fused-ring (bicyclic) bond motifs is 1. The number of carboxylic acids is 1. The summed E-state index contributed by atoms with van der Waals surface area (Å²) < 4.78 is 10.9. The van der Waals surface area contributed by atoms with E-state index in [0.717, 1.165) is 5.56 Å². The summed E-state index contributed by atoms with van der Waals surface area (Å²) in [5, 5.41) is 9.41. The summed E-state index contributed by atoms with van der Waals surface area (Å²) in [7, 11) is 0. The molecular formula is C15H16ClNO5. The Hall–Kier alpha value is -1.95. The van der Waals surface area contributed by atoms with Crippen LogP contribution in [0, 0.1) is 5.92 Å². The predicted octanol–water partition coefficient (Wildman–Crippen LogP) is 1.59. The molecule has 0 aromatic heterocycles. The number of carboxylic acid groups (broad SMARTS) is 1. The minimum atomic E-state index is -0.849. The third-order valence-corrected chi connectivity index (χ3v) is 4.18. The Kier molecular flexibility index (Phi) is 4.11. The normalized spacial score (nSPS) is 20.0. The fourth-order valence-electron chi connectivity index (χ4n) is 2.74. The molecular weight excluding hydrogens is 310 g/mol. The largest absolute Gasteiger partial charge is 0.486 e. The zero-order valence-electron chi connectivity index (χ0n) is 11.9. The van der Waals surface area contributed by atoms with Gasteiger partial charge in [-0.1, -0.05) is 11.6 Å². The third-order valence-electron chi connectivity index (χ3n) is 3.90. The number of benzene rings is 1. The molecule has 0 radical (unpaired) electrons. The van der Waals surface area contributed by atoms with Crippen molar-refractivity contribution in [2.45, 2.75) is 12.8 Å². The van der Waals surface area contributed by atoms with Gasteiger partial charge in [-0.15, -0.1) is 0 Å². The van der Waals surface area contributed by atoms with Crippen molar-refractivity contribution in [2.24, 2.45) is 5.92 Å². The van der Waals surface area contributed by atoms with Crippen molar-refractivity contribution in [3.63, 3.8) is 0 Å². The molecule has 1 unspecified atom stereocenters. The van der Waals surface area contributed by atoms with E-state index in [-0.39, 0.29) is 18.9 Å². The van der Waals surface area contributed by atoms with E-state index in [0.29, 0.717) is 42.7 Å². The van der Waals surface area contributed by atoms with Crippen LogP contribution in [-0.4, -0.2) is 48.2 Å². The summed E-state index contributed by atoms with van der Waals surface area (Å²) in [5.74, 6) is -0.357. The first-order chi connectivity index (χ1) is 10.5. The van der Waals surface area contributed by atoms with E-state index in [4.69, 9.17) is 26.2 Å². The minimum absolute atomic E-state index is 0.100. The number of ether oxygens (including phenoxy) is 2. The molecule has 118 valence electrons. The van der Waals surface area contributed by atoms with Crippen LogP contribution < -0.4 is 9.47 Å². The smallest absolute Gasteiger partial charge is 0.308 e. The molecule has 1 aromatic carbocycles. The van der Waals surface area contributed by atoms with Gasteiger partial charge in [0, 0.05) is 13.1 Å². The van der Waals surface area contributed by atoms with Gasteiger partial charge in [0.25, 0.3) is 0 Å². The van der Waals surface area contributed by atoms with Gasteiger partial charge in [-0.2, -0.15) is 0 Å². The van der Waals surface area contributed by atoms with E-state index >= 15 is 0 Å². The number of carbonyl (C=O) groups is 2. The number of nitrogens with zero attached hydrogens (tertiary/aromatic N) is 1. The number of likely N-dealkylation sites (tertiary alicyclic amines) is 1. The van der Waals surface area contributed by atoms with Crippen molar-refractivity contribution in [1.82, 2.24) is 4.90 Å². The Morgan fingerprint density at radius 2 is 2.09 bits per heavy atom. The molecule has 1 atom stereocenters. The number of amides is 1. The molecule has 2 heterocycles. The van der Waals surface area contributed by atoms with Crippen LogP contribution in [0.1, 0.15) is 12.0 Å². The predicted molar refractivity (Wildman–Crippen MR) is 78.5 cm³/mol. The van der Waals surface area contributed by atoms with Crippen LogP contribution in [0.15, 0.2) is 12.1 Å². The van der Waals surface area contributed by atoms with Crippen molar-refractivity contribution >= 4 is 23.5 Å². The van der Waals surface area contributed by atoms with Gasteiger partial charge in [0.1, 0.15) is 13.2 Å². The van der Waals surface area contributed by atoms with Gasteiger partial charge in [-0.05, 0) is 24.1 Å². The third kappa shape index (κ3) is 2.97. The lowest BCUT2D eigenvalue weighted by molar-refractivity contribution is -0.141. The van der Waals surface area contributed by atoms with Crippen molar-refractivity contribution in [1.29, 1.82) is 0 Å². The fraction of sp³-hybridized carbons (Fsp3) is 0.467. The first-order valence-electron chi connectivity index (χ1n) is 7.13. The summed E-state index contributed by atoms with van der Waals surface area (Å²) in [4.78, 5) is 24.8. The van der Waals surface area contributed by atoms with E-state index in [1.165, 1.54) is 0 Å². The summed E-state index contributed by atoms with van der Waals surface area (Å²) in [6.07, 6.45) is 0.672. The van der Waals surface area contributed by atoms with Crippen LogP contribution in [0.2, 0.25) is 5.02 Å². The molecule has 1 fully saturated rings. The number of carbonyl (C=O) groups excluding carboxylic acids is 1. The quantitative estimate of drug-likeness (QED) is 0.913. The summed E-state index contributed by atoms with van der Waals surface area (Å²) >= 11 is 6.15. The number of rotatable bonds is 3. The van der Waals surface area contributed by atoms with Crippen molar-refractivity contribution in [2.75, 3.05) is 26.3 Å². The topological polar surface area (TPSA) is 76.1 Å². The standard InChI is InChI=1S/C15H16ClNO5/c16-11-5-9(6-12-14(11)22-4-3-21-12)7-13(18)17-2-1-10(8-17)15(19)20/h5-6,10H,1-4,7-8H2,(H,19,20). The lowest BCUT2D eigenvalue weighted by atomic mass is 10.1. The molecule has 2 aliphatic heterocycles. The van der Waals surface area contributed by atoms with Gasteiger partial charge >= 0.3 is 5.97 Å². The fourth-order valence-corrected chi connectivity index (χ4v) is 3.03. The summed E-state index contributed by atoms with van der Waals surface area (Å²) in [5.41, 5.74) is 0.734. The van der Waals surface area contributed by atoms with Crippen LogP contribution in [0.25, 0.3) is 0 Å². The molecule has 22 heavy (non-hydrogen) atoms. The van der Waals surface area contributed by atoms with Gasteiger partial charge in [-0.25, -0.2) is 0 Å². The Balaban J connectivity index is 1.70. The molecule has 6 nitrogen and oxygen atoms in total. The van der Waals surface area contributed by atoms with Crippen molar-refractivity contribution < 1.29 is 24.2 Å². The van der Waals surface area contributed by atoms with Crippen molar-refractivity contribution in [3.05, 3.63) is 22.7 Å². The second-order valence-electron chi connectivity index (χ2n) is 5.44. The van der Waals surface area contributed by atoms with Crippen LogP contribution in [-0.2, 0) is 16.0 Å². The van der Waals surface area contributed by atoms with E-state index < -0.39 is 11.9 Å². The molecule has 0 bridgehead atoms. The molecule has 1 saturated heterocycles. The van der Waals surface area contributed by atoms with Gasteiger partial charge in [0.15, 0.2) is 11.5 Å². The van der Waals surface area contributed by atoms with E-state index in [2.05, 4.69) is 0 Å². The number of hydrogen-bond acceptors (Lipinski definition) is 4. The van der Waals surface area contributed by atoms with E-state index in [1.54, 1.807) is 17.0 Å². The average Bonchev–Trinajstić information content (AvgIpc) is 2.97. The van der Waals surface area contributed by atoms with Crippen LogP contribution in [0.5, 0.6) is 11.5 Å². The number of aliphatic carboxylic acids is 1. The van der Waals surface area contributed by atoms with Crippen LogP contribution in [0.3, 0.4) is 0 Å². The lowest BCUT2D eigenvalue weighted by Crippen LogP contribution is -2.31. The molecule has 1 N–H and O–H groups in total. The summed E-state index contributed by atoms with van der Waals surface area (Å²) in [6, 6.07) is 3.45. The van der Waals surface area contributed by atoms with Crippen LogP contribution >= 0.6 is 11.6 Å². The first-order valence-corrected chi connectivity index (χ1v) is 7.51. The van der Waals surface area contributed by atoms with E-state index in [1.807, 2.05) is 0 Å². The second kappa shape index (κ2) is 6.04. The Bertz CT molecular complexity index is 618. The monoisotopic (exact) mass is 325 g/mol. The Labute approximate surface area is 132 Å². The van der Waals surface area contributed by atoms with Gasteiger partial charge < -0.3 is 19.5 Å². The van der Waals surface area contributed by atoms with E-state index in [9.17, 15) is 9.59 Å². The van der Waals surface area contributed by atoms with Crippen LogP contribution in [0.4, 0.5) is 0 Å². The Morgan fingerprint density at radius 1 is 1.32 bits per heavy atom. The molecule has 2 aliphatic rings.